The van der Waals surface area contributed by atoms with Crippen molar-refractivity contribution in [3.8, 4) is 22.9 Å². The van der Waals surface area contributed by atoms with Gasteiger partial charge < -0.3 is 9.84 Å². The highest BCUT2D eigenvalue weighted by Crippen LogP contribution is 2.27. The summed E-state index contributed by atoms with van der Waals surface area (Å²) in [5.74, 6) is 1.75. The van der Waals surface area contributed by atoms with E-state index in [9.17, 15) is 5.11 Å². The number of aliphatic hydroxyl groups excluding tert-OH is 1. The topological polar surface area (TPSA) is 74.3 Å². The molecule has 2 aromatic carbocycles. The number of aliphatic hydroxyl groups is 1. The number of nitrogens with one attached hydrogen (secondary N) is 1. The Balaban J connectivity index is 1.28. The number of hydrogen-bond acceptors (Lipinski definition) is 5. The lowest BCUT2D eigenvalue weighted by Gasteiger charge is -2.16. The molecule has 0 aliphatic carbocycles. The maximum atomic E-state index is 9.33. The molecule has 4 aromatic rings. The molecule has 1 atom stereocenters. The number of aromatic amines is 1. The number of rotatable bonds is 6. The molecule has 0 amide bonds. The highest BCUT2D eigenvalue weighted by Gasteiger charge is 2.21. The van der Waals surface area contributed by atoms with Crippen LogP contribution in [0.15, 0.2) is 67.0 Å². The number of H-pyrrole nitrogens is 1. The maximum absolute atomic E-state index is 9.33. The molecule has 1 fully saturated rings. The SMILES string of the molecule is OCC1CCN(Cc2ccc3cc(Oc4ccc(-c5ccn[nH]5)cn4)ccc3c2)C1. The van der Waals surface area contributed by atoms with E-state index in [1.165, 1.54) is 10.9 Å². The van der Waals surface area contributed by atoms with Crippen molar-refractivity contribution in [1.29, 1.82) is 0 Å². The van der Waals surface area contributed by atoms with Gasteiger partial charge in [0.2, 0.25) is 5.88 Å². The number of likely N-dealkylation sites (tertiary alicyclic amines) is 1. The summed E-state index contributed by atoms with van der Waals surface area (Å²) in [6, 6.07) is 18.4. The summed E-state index contributed by atoms with van der Waals surface area (Å²) >= 11 is 0. The Bertz CT molecular complexity index is 1130. The minimum absolute atomic E-state index is 0.289. The van der Waals surface area contributed by atoms with Crippen LogP contribution in [0.1, 0.15) is 12.0 Å². The standard InChI is InChI=1S/C24H24N4O2/c29-16-18-8-10-28(15-18)14-17-1-2-20-12-22(5-3-19(20)11-17)30-24-6-4-21(13-25-24)23-7-9-26-27-23/h1-7,9,11-13,18,29H,8,10,14-16H2,(H,26,27). The largest absolute Gasteiger partial charge is 0.439 e. The van der Waals surface area contributed by atoms with Gasteiger partial charge in [0.15, 0.2) is 0 Å². The Morgan fingerprint density at radius 3 is 2.73 bits per heavy atom. The fourth-order valence-electron chi connectivity index (χ4n) is 4.04. The van der Waals surface area contributed by atoms with Crippen LogP contribution >= 0.6 is 0 Å². The quantitative estimate of drug-likeness (QED) is 0.507. The first-order valence-electron chi connectivity index (χ1n) is 10.3. The van der Waals surface area contributed by atoms with E-state index < -0.39 is 0 Å². The molecule has 6 heteroatoms. The van der Waals surface area contributed by atoms with Crippen molar-refractivity contribution >= 4 is 10.8 Å². The zero-order valence-electron chi connectivity index (χ0n) is 16.7. The molecule has 1 saturated heterocycles. The van der Waals surface area contributed by atoms with Crippen molar-refractivity contribution in [2.24, 2.45) is 5.92 Å². The zero-order chi connectivity index (χ0) is 20.3. The molecule has 0 spiro atoms. The zero-order valence-corrected chi connectivity index (χ0v) is 16.7. The van der Waals surface area contributed by atoms with Crippen molar-refractivity contribution in [3.63, 3.8) is 0 Å². The average Bonchev–Trinajstić information content (AvgIpc) is 3.47. The van der Waals surface area contributed by atoms with Gasteiger partial charge in [0, 0.05) is 43.7 Å². The third kappa shape index (κ3) is 4.06. The molecular formula is C24H24N4O2. The number of aromatic nitrogens is 3. The highest BCUT2D eigenvalue weighted by molar-refractivity contribution is 5.84. The molecule has 152 valence electrons. The molecule has 2 N–H and O–H groups in total. The molecule has 1 aliphatic rings. The number of fused-ring (bicyclic) bond motifs is 1. The number of ether oxygens (including phenoxy) is 1. The van der Waals surface area contributed by atoms with Crippen molar-refractivity contribution in [1.82, 2.24) is 20.1 Å². The smallest absolute Gasteiger partial charge is 0.219 e. The lowest BCUT2D eigenvalue weighted by Crippen LogP contribution is -2.20. The van der Waals surface area contributed by atoms with Crippen molar-refractivity contribution in [2.45, 2.75) is 13.0 Å². The minimum atomic E-state index is 0.289. The van der Waals surface area contributed by atoms with Gasteiger partial charge in [-0.3, -0.25) is 10.00 Å². The molecule has 5 rings (SSSR count). The van der Waals surface area contributed by atoms with Gasteiger partial charge in [-0.2, -0.15) is 5.10 Å². The van der Waals surface area contributed by atoms with Gasteiger partial charge in [0.25, 0.3) is 0 Å². The molecule has 0 saturated carbocycles. The van der Waals surface area contributed by atoms with Crippen molar-refractivity contribution in [2.75, 3.05) is 19.7 Å². The van der Waals surface area contributed by atoms with Crippen LogP contribution in [0.4, 0.5) is 0 Å². The first kappa shape index (κ1) is 18.8. The fraction of sp³-hybridized carbons (Fsp3) is 0.250. The van der Waals surface area contributed by atoms with Crippen LogP contribution in [0.25, 0.3) is 22.0 Å². The third-order valence-electron chi connectivity index (χ3n) is 5.68. The molecule has 1 unspecified atom stereocenters. The van der Waals surface area contributed by atoms with Crippen LogP contribution < -0.4 is 4.74 Å². The van der Waals surface area contributed by atoms with Crippen molar-refractivity contribution in [3.05, 3.63) is 72.6 Å². The predicted octanol–water partition coefficient (Wildman–Crippen LogP) is 4.23. The van der Waals surface area contributed by atoms with Gasteiger partial charge in [-0.1, -0.05) is 18.2 Å². The van der Waals surface area contributed by atoms with Crippen LogP contribution in [-0.2, 0) is 6.54 Å². The van der Waals surface area contributed by atoms with Gasteiger partial charge in [-0.05, 0) is 65.6 Å². The third-order valence-corrected chi connectivity index (χ3v) is 5.68. The van der Waals surface area contributed by atoms with Crippen LogP contribution in [0.5, 0.6) is 11.6 Å². The van der Waals surface area contributed by atoms with Crippen LogP contribution in [0.3, 0.4) is 0 Å². The van der Waals surface area contributed by atoms with Crippen LogP contribution in [0, 0.1) is 5.92 Å². The fourth-order valence-corrected chi connectivity index (χ4v) is 4.04. The predicted molar refractivity (Wildman–Crippen MR) is 116 cm³/mol. The molecule has 2 aromatic heterocycles. The van der Waals surface area contributed by atoms with E-state index in [2.05, 4.69) is 44.3 Å². The molecule has 6 nitrogen and oxygen atoms in total. The highest BCUT2D eigenvalue weighted by atomic mass is 16.5. The number of hydrogen-bond donors (Lipinski definition) is 2. The Labute approximate surface area is 175 Å². The van der Waals surface area contributed by atoms with E-state index in [-0.39, 0.29) is 6.61 Å². The molecule has 0 bridgehead atoms. The van der Waals surface area contributed by atoms with E-state index in [4.69, 9.17) is 4.74 Å². The van der Waals surface area contributed by atoms with E-state index in [1.54, 1.807) is 12.4 Å². The van der Waals surface area contributed by atoms with Gasteiger partial charge in [0.05, 0.1) is 5.69 Å². The van der Waals surface area contributed by atoms with E-state index >= 15 is 0 Å². The Morgan fingerprint density at radius 2 is 1.97 bits per heavy atom. The molecule has 30 heavy (non-hydrogen) atoms. The summed E-state index contributed by atoms with van der Waals surface area (Å²) in [5.41, 5.74) is 3.19. The number of pyridine rings is 1. The second-order valence-electron chi connectivity index (χ2n) is 7.87. The molecule has 1 aliphatic heterocycles. The summed E-state index contributed by atoms with van der Waals surface area (Å²) < 4.78 is 5.95. The Morgan fingerprint density at radius 1 is 1.07 bits per heavy atom. The normalized spacial score (nSPS) is 16.9. The summed E-state index contributed by atoms with van der Waals surface area (Å²) in [5, 5.41) is 18.6. The second-order valence-corrected chi connectivity index (χ2v) is 7.87. The van der Waals surface area contributed by atoms with E-state index in [1.807, 2.05) is 30.3 Å². The summed E-state index contributed by atoms with van der Waals surface area (Å²) in [6.45, 7) is 3.25. The molecule has 3 heterocycles. The monoisotopic (exact) mass is 400 g/mol. The minimum Gasteiger partial charge on any atom is -0.439 e. The number of benzene rings is 2. The molecule has 0 radical (unpaired) electrons. The number of nitrogens with zero attached hydrogens (tertiary/aromatic N) is 3. The van der Waals surface area contributed by atoms with Gasteiger partial charge in [-0.25, -0.2) is 4.98 Å². The summed E-state index contributed by atoms with van der Waals surface area (Å²) in [4.78, 5) is 6.82. The lowest BCUT2D eigenvalue weighted by molar-refractivity contribution is 0.220. The van der Waals surface area contributed by atoms with E-state index in [0.717, 1.165) is 48.4 Å². The summed E-state index contributed by atoms with van der Waals surface area (Å²) in [6.07, 6.45) is 4.58. The Kier molecular flexibility index (Phi) is 5.17. The van der Waals surface area contributed by atoms with E-state index in [0.29, 0.717) is 11.8 Å². The first-order valence-corrected chi connectivity index (χ1v) is 10.3. The Hall–Kier alpha value is -3.22. The molecular weight excluding hydrogens is 376 g/mol. The lowest BCUT2D eigenvalue weighted by atomic mass is 10.1. The van der Waals surface area contributed by atoms with Crippen LogP contribution in [-0.4, -0.2) is 44.9 Å². The maximum Gasteiger partial charge on any atom is 0.219 e. The van der Waals surface area contributed by atoms with Crippen molar-refractivity contribution < 1.29 is 9.84 Å². The van der Waals surface area contributed by atoms with Gasteiger partial charge in [-0.15, -0.1) is 0 Å². The average molecular weight is 400 g/mol. The summed E-state index contributed by atoms with van der Waals surface area (Å²) in [7, 11) is 0. The second kappa shape index (κ2) is 8.26. The van der Waals surface area contributed by atoms with Crippen LogP contribution in [0.2, 0.25) is 0 Å². The van der Waals surface area contributed by atoms with Gasteiger partial charge in [0.1, 0.15) is 5.75 Å². The first-order chi connectivity index (χ1) is 14.8. The van der Waals surface area contributed by atoms with Gasteiger partial charge >= 0.3 is 0 Å².